The number of morpholine rings is 1. The van der Waals surface area contributed by atoms with Crippen LogP contribution in [0.1, 0.15) is 41.3 Å². The first-order valence-electron chi connectivity index (χ1n) is 9.13. The Morgan fingerprint density at radius 3 is 2.06 bits per heavy atom. The van der Waals surface area contributed by atoms with Gasteiger partial charge in [0.15, 0.2) is 6.29 Å². The average molecular weight is 453 g/mol. The van der Waals surface area contributed by atoms with Crippen LogP contribution >= 0.6 is 0 Å². The molecule has 0 bridgehead atoms. The summed E-state index contributed by atoms with van der Waals surface area (Å²) < 4.78 is 103. The third kappa shape index (κ3) is 5.53. The summed E-state index contributed by atoms with van der Waals surface area (Å²) in [6.45, 7) is 1.34. The topological polar surface area (TPSA) is 41.9 Å². The van der Waals surface area contributed by atoms with Crippen molar-refractivity contribution in [2.75, 3.05) is 13.2 Å². The lowest BCUT2D eigenvalue weighted by Crippen LogP contribution is -2.45. The number of ether oxygens (including phenoxy) is 2. The summed E-state index contributed by atoms with van der Waals surface area (Å²) in [6, 6.07) is 5.23. The van der Waals surface area contributed by atoms with Crippen molar-refractivity contribution in [3.63, 3.8) is 0 Å². The van der Waals surface area contributed by atoms with Gasteiger partial charge in [-0.2, -0.15) is 31.4 Å². The van der Waals surface area contributed by atoms with E-state index in [1.54, 1.807) is 0 Å². The van der Waals surface area contributed by atoms with Crippen molar-refractivity contribution in [1.82, 2.24) is 5.06 Å². The van der Waals surface area contributed by atoms with Gasteiger partial charge in [-0.3, -0.25) is 0 Å². The third-order valence-electron chi connectivity index (χ3n) is 4.81. The van der Waals surface area contributed by atoms with E-state index in [0.717, 1.165) is 17.2 Å². The maximum absolute atomic E-state index is 13.2. The van der Waals surface area contributed by atoms with Crippen molar-refractivity contribution in [3.05, 3.63) is 70.5 Å². The molecule has 2 aromatic rings. The lowest BCUT2D eigenvalue weighted by atomic mass is 10.0. The minimum Gasteiger partial charge on any atom is -0.349 e. The quantitative estimate of drug-likeness (QED) is 0.601. The molecule has 0 spiro atoms. The largest absolute Gasteiger partial charge is 0.416 e. The van der Waals surface area contributed by atoms with E-state index in [9.17, 15) is 35.9 Å². The Hall–Kier alpha value is -2.21. The summed E-state index contributed by atoms with van der Waals surface area (Å²) >= 11 is 0. The fourth-order valence-electron chi connectivity index (χ4n) is 3.23. The lowest BCUT2D eigenvalue weighted by molar-refractivity contribution is -0.289. The van der Waals surface area contributed by atoms with Crippen LogP contribution in [0.2, 0.25) is 0 Å². The monoisotopic (exact) mass is 453 g/mol. The summed E-state index contributed by atoms with van der Waals surface area (Å²) in [4.78, 5) is 0. The van der Waals surface area contributed by atoms with Crippen molar-refractivity contribution < 1.29 is 45.4 Å². The molecule has 1 heterocycles. The summed E-state index contributed by atoms with van der Waals surface area (Å²) in [5.74, 6) is -0.528. The molecule has 1 aliphatic rings. The SMILES string of the molecule is C[C@@H](O[C@H]1OCCN(O)[C@H]1c1ccc(F)cc1)c1cc(C(F)(F)F)cc(C(F)(F)F)c1. The van der Waals surface area contributed by atoms with Gasteiger partial charge < -0.3 is 14.7 Å². The molecule has 3 atom stereocenters. The first kappa shape index (κ1) is 23.5. The molecule has 31 heavy (non-hydrogen) atoms. The average Bonchev–Trinajstić information content (AvgIpc) is 2.67. The molecule has 11 heteroatoms. The number of alkyl halides is 6. The van der Waals surface area contributed by atoms with Crippen LogP contribution in [0.4, 0.5) is 30.7 Å². The first-order valence-corrected chi connectivity index (χ1v) is 9.13. The van der Waals surface area contributed by atoms with E-state index in [1.165, 1.54) is 19.1 Å². The smallest absolute Gasteiger partial charge is 0.349 e. The number of rotatable bonds is 4. The minimum absolute atomic E-state index is 0.00196. The van der Waals surface area contributed by atoms with Crippen molar-refractivity contribution in [2.24, 2.45) is 0 Å². The van der Waals surface area contributed by atoms with Crippen LogP contribution in [-0.4, -0.2) is 29.7 Å². The van der Waals surface area contributed by atoms with Gasteiger partial charge in [0.2, 0.25) is 0 Å². The number of halogens is 7. The zero-order chi connectivity index (χ0) is 23.0. The maximum Gasteiger partial charge on any atom is 0.416 e. The fraction of sp³-hybridized carbons (Fsp3) is 0.400. The van der Waals surface area contributed by atoms with Gasteiger partial charge in [-0.1, -0.05) is 12.1 Å². The van der Waals surface area contributed by atoms with E-state index in [2.05, 4.69) is 0 Å². The highest BCUT2D eigenvalue weighted by atomic mass is 19.4. The zero-order valence-corrected chi connectivity index (χ0v) is 16.0. The highest BCUT2D eigenvalue weighted by Crippen LogP contribution is 2.39. The normalized spacial score (nSPS) is 21.8. The summed E-state index contributed by atoms with van der Waals surface area (Å²) in [6.07, 6.45) is -12.5. The molecule has 0 radical (unpaired) electrons. The van der Waals surface area contributed by atoms with Crippen LogP contribution < -0.4 is 0 Å². The molecule has 0 unspecified atom stereocenters. The van der Waals surface area contributed by atoms with E-state index in [0.29, 0.717) is 17.7 Å². The molecule has 0 amide bonds. The predicted molar refractivity (Wildman–Crippen MR) is 93.3 cm³/mol. The Balaban J connectivity index is 1.91. The van der Waals surface area contributed by atoms with Crippen LogP contribution in [0.3, 0.4) is 0 Å². The number of benzene rings is 2. The van der Waals surface area contributed by atoms with E-state index >= 15 is 0 Å². The number of hydrogen-bond acceptors (Lipinski definition) is 4. The molecule has 2 aromatic carbocycles. The molecule has 0 aliphatic carbocycles. The van der Waals surface area contributed by atoms with Crippen molar-refractivity contribution in [1.29, 1.82) is 0 Å². The van der Waals surface area contributed by atoms with Gasteiger partial charge in [0.05, 0.1) is 23.8 Å². The second kappa shape index (κ2) is 8.73. The van der Waals surface area contributed by atoms with Crippen molar-refractivity contribution in [2.45, 2.75) is 37.7 Å². The fourth-order valence-corrected chi connectivity index (χ4v) is 3.23. The van der Waals surface area contributed by atoms with Gasteiger partial charge in [-0.25, -0.2) is 4.39 Å². The van der Waals surface area contributed by atoms with Crippen LogP contribution in [0.5, 0.6) is 0 Å². The maximum atomic E-state index is 13.2. The van der Waals surface area contributed by atoms with Gasteiger partial charge in [-0.05, 0) is 48.4 Å². The predicted octanol–water partition coefficient (Wildman–Crippen LogP) is 5.73. The van der Waals surface area contributed by atoms with Gasteiger partial charge in [0.25, 0.3) is 0 Å². The van der Waals surface area contributed by atoms with Crippen LogP contribution in [0.15, 0.2) is 42.5 Å². The summed E-state index contributed by atoms with van der Waals surface area (Å²) in [5.41, 5.74) is -2.90. The van der Waals surface area contributed by atoms with Crippen molar-refractivity contribution in [3.8, 4) is 0 Å². The van der Waals surface area contributed by atoms with Crippen LogP contribution in [-0.2, 0) is 21.8 Å². The molecular weight excluding hydrogens is 435 g/mol. The molecule has 0 aromatic heterocycles. The zero-order valence-electron chi connectivity index (χ0n) is 16.0. The number of hydroxylamine groups is 2. The Labute approximate surface area is 172 Å². The molecule has 1 saturated heterocycles. The van der Waals surface area contributed by atoms with Crippen LogP contribution in [0, 0.1) is 5.82 Å². The molecule has 1 fully saturated rings. The molecule has 0 saturated carbocycles. The Morgan fingerprint density at radius 1 is 1.00 bits per heavy atom. The second-order valence-corrected chi connectivity index (χ2v) is 7.02. The highest BCUT2D eigenvalue weighted by Gasteiger charge is 2.39. The Kier molecular flexibility index (Phi) is 6.61. The highest BCUT2D eigenvalue weighted by molar-refractivity contribution is 5.34. The van der Waals surface area contributed by atoms with Gasteiger partial charge in [-0.15, -0.1) is 0 Å². The molecule has 3 rings (SSSR count). The number of nitrogens with zero attached hydrogens (tertiary/aromatic N) is 1. The van der Waals surface area contributed by atoms with Gasteiger partial charge in [0, 0.05) is 6.54 Å². The molecule has 170 valence electrons. The van der Waals surface area contributed by atoms with Gasteiger partial charge >= 0.3 is 12.4 Å². The van der Waals surface area contributed by atoms with Gasteiger partial charge in [0.1, 0.15) is 11.9 Å². The van der Waals surface area contributed by atoms with Crippen molar-refractivity contribution >= 4 is 0 Å². The lowest BCUT2D eigenvalue weighted by Gasteiger charge is -2.38. The van der Waals surface area contributed by atoms with Crippen LogP contribution in [0.25, 0.3) is 0 Å². The van der Waals surface area contributed by atoms with E-state index < -0.39 is 47.7 Å². The third-order valence-corrected chi connectivity index (χ3v) is 4.81. The second-order valence-electron chi connectivity index (χ2n) is 7.02. The summed E-state index contributed by atoms with van der Waals surface area (Å²) in [7, 11) is 0. The first-order chi connectivity index (χ1) is 14.4. The Morgan fingerprint density at radius 2 is 1.55 bits per heavy atom. The summed E-state index contributed by atoms with van der Waals surface area (Å²) in [5, 5.41) is 11.1. The van der Waals surface area contributed by atoms with E-state index in [1.807, 2.05) is 0 Å². The Bertz CT molecular complexity index is 867. The standard InChI is InChI=1S/C20H18F7NO3/c1-11(13-8-14(19(22,23)24)10-15(9-13)20(25,26)27)31-18-17(28(29)6-7-30-18)12-2-4-16(21)5-3-12/h2-5,8-11,17-18,29H,6-7H2,1H3/t11-,17+,18-/m1/s1. The minimum atomic E-state index is -4.99. The molecule has 1 aliphatic heterocycles. The molecule has 4 nitrogen and oxygen atoms in total. The molecular formula is C20H18F7NO3. The molecule has 1 N–H and O–H groups in total. The number of hydrogen-bond donors (Lipinski definition) is 1. The van der Waals surface area contributed by atoms with E-state index in [-0.39, 0.29) is 24.8 Å². The van der Waals surface area contributed by atoms with E-state index in [4.69, 9.17) is 9.47 Å².